The van der Waals surface area contributed by atoms with Crippen molar-refractivity contribution in [2.75, 3.05) is 0 Å². The van der Waals surface area contributed by atoms with Crippen LogP contribution in [-0.2, 0) is 6.54 Å². The summed E-state index contributed by atoms with van der Waals surface area (Å²) in [6.45, 7) is 9.89. The molecule has 0 radical (unpaired) electrons. The summed E-state index contributed by atoms with van der Waals surface area (Å²) in [6.07, 6.45) is 3.69. The number of pyridine rings is 2. The summed E-state index contributed by atoms with van der Waals surface area (Å²) in [5.41, 5.74) is 6.81. The van der Waals surface area contributed by atoms with Crippen molar-refractivity contribution >= 4 is 0 Å². The van der Waals surface area contributed by atoms with Crippen molar-refractivity contribution in [3.8, 4) is 22.5 Å². The Balaban J connectivity index is 1.99. The third-order valence-electron chi connectivity index (χ3n) is 5.23. The number of hydrogen-bond donors (Lipinski definition) is 0. The van der Waals surface area contributed by atoms with Gasteiger partial charge in [0.1, 0.15) is 5.69 Å². The quantitative estimate of drug-likeness (QED) is 0.700. The van der Waals surface area contributed by atoms with Crippen LogP contribution in [0.25, 0.3) is 22.5 Å². The van der Waals surface area contributed by atoms with Crippen molar-refractivity contribution in [1.29, 1.82) is 0 Å². The first kappa shape index (κ1) is 15.1. The average molecular weight is 318 g/mol. The topological polar surface area (TPSA) is 43.6 Å². The lowest BCUT2D eigenvalue weighted by Crippen LogP contribution is -2.17. The Morgan fingerprint density at radius 2 is 1.88 bits per heavy atom. The van der Waals surface area contributed by atoms with E-state index < -0.39 is 0 Å². The molecule has 4 nitrogen and oxygen atoms in total. The van der Waals surface area contributed by atoms with Crippen LogP contribution in [0.15, 0.2) is 42.7 Å². The van der Waals surface area contributed by atoms with Gasteiger partial charge in [-0.15, -0.1) is 0 Å². The Bertz CT molecular complexity index is 893. The Morgan fingerprint density at radius 1 is 1.12 bits per heavy atom. The standard InChI is InChI=1S/C20H22N4/c1-13-6-5-7-16(22-13)18-17(15-8-10-21-11-9-15)19-14(2)20(3,4)12-24(19)23-18/h5-11,14H,12H2,1-4H3. The second-order valence-corrected chi connectivity index (χ2v) is 7.38. The highest BCUT2D eigenvalue weighted by atomic mass is 15.3. The van der Waals surface area contributed by atoms with Crippen molar-refractivity contribution in [3.63, 3.8) is 0 Å². The number of aryl methyl sites for hydroxylation is 1. The van der Waals surface area contributed by atoms with Crippen LogP contribution in [-0.4, -0.2) is 19.7 Å². The summed E-state index contributed by atoms with van der Waals surface area (Å²) in [5, 5.41) is 4.96. The van der Waals surface area contributed by atoms with Crippen LogP contribution in [0, 0.1) is 12.3 Å². The highest BCUT2D eigenvalue weighted by molar-refractivity contribution is 5.82. The molecule has 4 heteroatoms. The third kappa shape index (κ3) is 2.25. The predicted octanol–water partition coefficient (Wildman–Crippen LogP) is 4.46. The van der Waals surface area contributed by atoms with E-state index in [1.54, 1.807) is 0 Å². The van der Waals surface area contributed by atoms with E-state index in [-0.39, 0.29) is 5.41 Å². The van der Waals surface area contributed by atoms with Crippen LogP contribution in [0.5, 0.6) is 0 Å². The van der Waals surface area contributed by atoms with E-state index >= 15 is 0 Å². The third-order valence-corrected chi connectivity index (χ3v) is 5.23. The monoisotopic (exact) mass is 318 g/mol. The van der Waals surface area contributed by atoms with E-state index in [1.165, 1.54) is 11.3 Å². The van der Waals surface area contributed by atoms with Crippen LogP contribution in [0.3, 0.4) is 0 Å². The maximum absolute atomic E-state index is 4.96. The maximum Gasteiger partial charge on any atom is 0.119 e. The van der Waals surface area contributed by atoms with Gasteiger partial charge in [-0.1, -0.05) is 26.8 Å². The van der Waals surface area contributed by atoms with Gasteiger partial charge < -0.3 is 0 Å². The second kappa shape index (κ2) is 5.26. The van der Waals surface area contributed by atoms with Crippen molar-refractivity contribution in [2.45, 2.75) is 40.2 Å². The fourth-order valence-corrected chi connectivity index (χ4v) is 3.59. The molecule has 3 aromatic rings. The van der Waals surface area contributed by atoms with E-state index in [2.05, 4.69) is 42.6 Å². The summed E-state index contributed by atoms with van der Waals surface area (Å²) < 4.78 is 2.18. The Hall–Kier alpha value is -2.49. The van der Waals surface area contributed by atoms with Crippen LogP contribution >= 0.6 is 0 Å². The predicted molar refractivity (Wildman–Crippen MR) is 95.6 cm³/mol. The van der Waals surface area contributed by atoms with Crippen LogP contribution in [0.1, 0.15) is 38.1 Å². The van der Waals surface area contributed by atoms with Crippen molar-refractivity contribution in [3.05, 3.63) is 54.1 Å². The molecule has 1 unspecified atom stereocenters. The molecule has 0 saturated heterocycles. The molecule has 0 fully saturated rings. The average Bonchev–Trinajstić information content (AvgIpc) is 3.02. The molecular weight excluding hydrogens is 296 g/mol. The first-order chi connectivity index (χ1) is 11.5. The molecule has 0 amide bonds. The zero-order chi connectivity index (χ0) is 16.9. The SMILES string of the molecule is Cc1cccc(-c2nn3c(c2-c2ccncc2)C(C)C(C)(C)C3)n1. The molecule has 24 heavy (non-hydrogen) atoms. The van der Waals surface area contributed by atoms with Gasteiger partial charge in [0.15, 0.2) is 0 Å². The van der Waals surface area contributed by atoms with Crippen molar-refractivity contribution < 1.29 is 0 Å². The van der Waals surface area contributed by atoms with E-state index in [9.17, 15) is 0 Å². The fourth-order valence-electron chi connectivity index (χ4n) is 3.59. The lowest BCUT2D eigenvalue weighted by molar-refractivity contribution is 0.301. The molecule has 4 rings (SSSR count). The van der Waals surface area contributed by atoms with Gasteiger partial charge in [-0.2, -0.15) is 5.10 Å². The lowest BCUT2D eigenvalue weighted by atomic mass is 9.79. The zero-order valence-electron chi connectivity index (χ0n) is 14.6. The normalized spacial score (nSPS) is 18.6. The second-order valence-electron chi connectivity index (χ2n) is 7.38. The molecule has 1 aliphatic rings. The van der Waals surface area contributed by atoms with Gasteiger partial charge in [0, 0.05) is 36.1 Å². The Labute approximate surface area is 142 Å². The van der Waals surface area contributed by atoms with E-state index in [0.29, 0.717) is 5.92 Å². The number of hydrogen-bond acceptors (Lipinski definition) is 3. The first-order valence-corrected chi connectivity index (χ1v) is 8.42. The summed E-state index contributed by atoms with van der Waals surface area (Å²) >= 11 is 0. The molecule has 122 valence electrons. The highest BCUT2D eigenvalue weighted by Crippen LogP contribution is 2.49. The molecule has 0 saturated carbocycles. The lowest BCUT2D eigenvalue weighted by Gasteiger charge is -2.23. The molecule has 0 aliphatic carbocycles. The molecule has 1 aliphatic heterocycles. The Kier molecular flexibility index (Phi) is 3.30. The summed E-state index contributed by atoms with van der Waals surface area (Å²) in [4.78, 5) is 8.88. The number of nitrogens with zero attached hydrogens (tertiary/aromatic N) is 4. The summed E-state index contributed by atoms with van der Waals surface area (Å²) in [7, 11) is 0. The van der Waals surface area contributed by atoms with Gasteiger partial charge in [-0.3, -0.25) is 14.6 Å². The summed E-state index contributed by atoms with van der Waals surface area (Å²) in [5.74, 6) is 0.437. The van der Waals surface area contributed by atoms with Crippen LogP contribution in [0.4, 0.5) is 0 Å². The van der Waals surface area contributed by atoms with Gasteiger partial charge in [0.25, 0.3) is 0 Å². The first-order valence-electron chi connectivity index (χ1n) is 8.42. The molecule has 0 spiro atoms. The van der Waals surface area contributed by atoms with Gasteiger partial charge in [0.05, 0.1) is 11.4 Å². The van der Waals surface area contributed by atoms with Gasteiger partial charge in [-0.25, -0.2) is 0 Å². The van der Waals surface area contributed by atoms with Crippen molar-refractivity contribution in [1.82, 2.24) is 19.7 Å². The molecule has 3 aromatic heterocycles. The highest BCUT2D eigenvalue weighted by Gasteiger charge is 2.40. The maximum atomic E-state index is 4.96. The van der Waals surface area contributed by atoms with Crippen LogP contribution < -0.4 is 0 Å². The zero-order valence-corrected chi connectivity index (χ0v) is 14.6. The van der Waals surface area contributed by atoms with Crippen LogP contribution in [0.2, 0.25) is 0 Å². The minimum absolute atomic E-state index is 0.211. The van der Waals surface area contributed by atoms with Gasteiger partial charge >= 0.3 is 0 Å². The van der Waals surface area contributed by atoms with E-state index in [1.807, 2.05) is 37.5 Å². The number of rotatable bonds is 2. The summed E-state index contributed by atoms with van der Waals surface area (Å²) in [6, 6.07) is 10.2. The van der Waals surface area contributed by atoms with E-state index in [0.717, 1.165) is 29.2 Å². The molecule has 1 atom stereocenters. The smallest absolute Gasteiger partial charge is 0.119 e. The molecule has 0 N–H and O–H groups in total. The molecular formula is C20H22N4. The largest absolute Gasteiger partial charge is 0.267 e. The van der Waals surface area contributed by atoms with Gasteiger partial charge in [0.2, 0.25) is 0 Å². The Morgan fingerprint density at radius 3 is 2.58 bits per heavy atom. The minimum atomic E-state index is 0.211. The minimum Gasteiger partial charge on any atom is -0.267 e. The van der Waals surface area contributed by atoms with Crippen molar-refractivity contribution in [2.24, 2.45) is 5.41 Å². The molecule has 0 aromatic carbocycles. The molecule has 4 heterocycles. The number of aromatic nitrogens is 4. The fraction of sp³-hybridized carbons (Fsp3) is 0.350. The van der Waals surface area contributed by atoms with Gasteiger partial charge in [-0.05, 0) is 42.2 Å². The van der Waals surface area contributed by atoms with E-state index in [4.69, 9.17) is 10.1 Å². The molecule has 0 bridgehead atoms. The number of fused-ring (bicyclic) bond motifs is 1.